The highest BCUT2D eigenvalue weighted by Gasteiger charge is 2.39. The van der Waals surface area contributed by atoms with E-state index in [2.05, 4.69) is 0 Å². The minimum Gasteiger partial charge on any atom is -0.292 e. The average Bonchev–Trinajstić information content (AvgIpc) is 3.22. The zero-order valence-corrected chi connectivity index (χ0v) is 19.3. The Kier molecular flexibility index (Phi) is 5.85. The molecular formula is C22H29N5O3S. The van der Waals surface area contributed by atoms with E-state index in [0.717, 1.165) is 28.8 Å². The molecule has 1 aromatic heterocycles. The topological polar surface area (TPSA) is 86.7 Å². The third kappa shape index (κ3) is 4.09. The van der Waals surface area contributed by atoms with E-state index in [9.17, 15) is 13.2 Å². The largest absolute Gasteiger partial charge is 0.292 e. The van der Waals surface area contributed by atoms with Gasteiger partial charge < -0.3 is 0 Å². The zero-order valence-electron chi connectivity index (χ0n) is 18.5. The van der Waals surface area contributed by atoms with Gasteiger partial charge in [0.25, 0.3) is 10.2 Å². The molecule has 0 aliphatic carbocycles. The number of nitrogens with zero attached hydrogens (tertiary/aromatic N) is 5. The Morgan fingerprint density at radius 2 is 1.81 bits per heavy atom. The fraction of sp³-hybridized carbons (Fsp3) is 0.500. The van der Waals surface area contributed by atoms with Gasteiger partial charge in [0, 0.05) is 38.3 Å². The van der Waals surface area contributed by atoms with Crippen LogP contribution in [0.1, 0.15) is 53.5 Å². The van der Waals surface area contributed by atoms with Crippen molar-refractivity contribution in [2.75, 3.05) is 25.5 Å². The quantitative estimate of drug-likeness (QED) is 0.709. The van der Waals surface area contributed by atoms with E-state index in [1.165, 1.54) is 22.7 Å². The molecule has 0 radical (unpaired) electrons. The van der Waals surface area contributed by atoms with E-state index < -0.39 is 16.3 Å². The van der Waals surface area contributed by atoms with E-state index >= 15 is 0 Å². The lowest BCUT2D eigenvalue weighted by molar-refractivity contribution is -0.119. The highest BCUT2D eigenvalue weighted by atomic mass is 32.2. The Morgan fingerprint density at radius 3 is 2.48 bits per heavy atom. The first-order chi connectivity index (χ1) is 14.7. The highest BCUT2D eigenvalue weighted by Crippen LogP contribution is 2.36. The van der Waals surface area contributed by atoms with Crippen molar-refractivity contribution in [3.63, 3.8) is 0 Å². The summed E-state index contributed by atoms with van der Waals surface area (Å²) in [4.78, 5) is 24.1. The fourth-order valence-corrected chi connectivity index (χ4v) is 5.58. The third-order valence-corrected chi connectivity index (χ3v) is 8.03. The summed E-state index contributed by atoms with van der Waals surface area (Å²) in [6, 6.07) is 7.69. The molecule has 9 heteroatoms. The molecule has 8 nitrogen and oxygen atoms in total. The Hall–Kier alpha value is -2.36. The Balaban J connectivity index is 1.73. The maximum Gasteiger partial charge on any atom is 0.282 e. The van der Waals surface area contributed by atoms with Crippen LogP contribution in [0.25, 0.3) is 0 Å². The number of carbonyl (C=O) groups is 1. The van der Waals surface area contributed by atoms with Crippen LogP contribution in [0.5, 0.6) is 0 Å². The highest BCUT2D eigenvalue weighted by molar-refractivity contribution is 7.86. The van der Waals surface area contributed by atoms with E-state index in [0.29, 0.717) is 44.0 Å². The van der Waals surface area contributed by atoms with Crippen LogP contribution in [-0.2, 0) is 28.0 Å². The van der Waals surface area contributed by atoms with Crippen molar-refractivity contribution in [2.24, 2.45) is 0 Å². The van der Waals surface area contributed by atoms with E-state index in [4.69, 9.17) is 9.97 Å². The Labute approximate surface area is 184 Å². The smallest absolute Gasteiger partial charge is 0.282 e. The summed E-state index contributed by atoms with van der Waals surface area (Å²) in [7, 11) is -0.512. The molecule has 31 heavy (non-hydrogen) atoms. The van der Waals surface area contributed by atoms with Crippen LogP contribution >= 0.6 is 0 Å². The molecule has 1 saturated heterocycles. The van der Waals surface area contributed by atoms with Gasteiger partial charge in [-0.1, -0.05) is 29.8 Å². The van der Waals surface area contributed by atoms with Gasteiger partial charge in [0.15, 0.2) is 0 Å². The fourth-order valence-electron chi connectivity index (χ4n) is 4.28. The van der Waals surface area contributed by atoms with E-state index in [1.807, 2.05) is 38.1 Å². The molecule has 1 aromatic carbocycles. The standard InChI is InChI=1S/C22H29N5O3S/c1-15-7-9-17(10-8-15)14-26-20(28)12-11-18-16(2)23-21(24-22(18)26)19-6-5-13-27(19)31(29,30)25(3)4/h7-10,19H,5-6,11-14H2,1-4H3. The second-order valence-electron chi connectivity index (χ2n) is 8.49. The van der Waals surface area contributed by atoms with Crippen molar-refractivity contribution in [3.8, 4) is 0 Å². The second kappa shape index (κ2) is 8.29. The van der Waals surface area contributed by atoms with Crippen LogP contribution in [0.2, 0.25) is 0 Å². The maximum atomic E-state index is 12.8. The minimum absolute atomic E-state index is 0.0290. The molecule has 1 unspecified atom stereocenters. The first-order valence-electron chi connectivity index (χ1n) is 10.6. The van der Waals surface area contributed by atoms with Crippen molar-refractivity contribution in [1.29, 1.82) is 0 Å². The molecule has 2 aliphatic heterocycles. The van der Waals surface area contributed by atoms with Crippen LogP contribution in [0.3, 0.4) is 0 Å². The van der Waals surface area contributed by atoms with Gasteiger partial charge in [-0.15, -0.1) is 0 Å². The number of aromatic nitrogens is 2. The summed E-state index contributed by atoms with van der Waals surface area (Å²) >= 11 is 0. The van der Waals surface area contributed by atoms with E-state index in [1.54, 1.807) is 4.90 Å². The van der Waals surface area contributed by atoms with Crippen LogP contribution in [0.15, 0.2) is 24.3 Å². The lowest BCUT2D eigenvalue weighted by atomic mass is 10.0. The number of hydrogen-bond donors (Lipinski definition) is 0. The molecule has 1 amide bonds. The SMILES string of the molecule is Cc1ccc(CN2C(=O)CCc3c(C)nc(C4CCCN4S(=O)(=O)N(C)C)nc32)cc1. The molecule has 0 spiro atoms. The number of carbonyl (C=O) groups excluding carboxylic acids is 1. The molecule has 3 heterocycles. The number of rotatable bonds is 5. The van der Waals surface area contributed by atoms with E-state index in [-0.39, 0.29) is 5.91 Å². The summed E-state index contributed by atoms with van der Waals surface area (Å²) in [6.45, 7) is 4.83. The number of fused-ring (bicyclic) bond motifs is 1. The van der Waals surface area contributed by atoms with Crippen LogP contribution < -0.4 is 4.90 Å². The molecule has 0 bridgehead atoms. The number of benzene rings is 1. The first-order valence-corrected chi connectivity index (χ1v) is 12.0. The summed E-state index contributed by atoms with van der Waals surface area (Å²) < 4.78 is 28.3. The maximum absolute atomic E-state index is 12.8. The summed E-state index contributed by atoms with van der Waals surface area (Å²) in [5.74, 6) is 1.12. The van der Waals surface area contributed by atoms with Crippen molar-refractivity contribution >= 4 is 21.9 Å². The van der Waals surface area contributed by atoms with Gasteiger partial charge in [0.1, 0.15) is 11.6 Å². The molecule has 2 aromatic rings. The normalized spacial score (nSPS) is 19.8. The van der Waals surface area contributed by atoms with Gasteiger partial charge in [0.2, 0.25) is 5.91 Å². The molecule has 1 atom stereocenters. The van der Waals surface area contributed by atoms with Gasteiger partial charge in [0.05, 0.1) is 12.6 Å². The zero-order chi connectivity index (χ0) is 22.3. The number of anilines is 1. The molecule has 1 fully saturated rings. The molecule has 166 valence electrons. The monoisotopic (exact) mass is 443 g/mol. The van der Waals surface area contributed by atoms with Gasteiger partial charge in [-0.2, -0.15) is 17.0 Å². The van der Waals surface area contributed by atoms with Crippen molar-refractivity contribution in [2.45, 2.75) is 52.1 Å². The van der Waals surface area contributed by atoms with Gasteiger partial charge in [-0.3, -0.25) is 9.69 Å². The number of aryl methyl sites for hydroxylation is 2. The number of amides is 1. The molecule has 4 rings (SSSR count). The lowest BCUT2D eigenvalue weighted by Crippen LogP contribution is -2.40. The molecule has 0 saturated carbocycles. The van der Waals surface area contributed by atoms with Gasteiger partial charge in [-0.05, 0) is 38.7 Å². The summed E-state index contributed by atoms with van der Waals surface area (Å²) in [5, 5.41) is 0. The number of hydrogen-bond acceptors (Lipinski definition) is 5. The van der Waals surface area contributed by atoms with Crippen molar-refractivity contribution in [3.05, 3.63) is 52.5 Å². The average molecular weight is 444 g/mol. The Morgan fingerprint density at radius 1 is 1.10 bits per heavy atom. The van der Waals surface area contributed by atoms with Crippen LogP contribution in [0.4, 0.5) is 5.82 Å². The molecular weight excluding hydrogens is 414 g/mol. The second-order valence-corrected chi connectivity index (χ2v) is 10.6. The lowest BCUT2D eigenvalue weighted by Gasteiger charge is -2.31. The van der Waals surface area contributed by atoms with Crippen molar-refractivity contribution in [1.82, 2.24) is 18.6 Å². The Bertz CT molecular complexity index is 1100. The van der Waals surface area contributed by atoms with Gasteiger partial charge >= 0.3 is 0 Å². The molecule has 0 N–H and O–H groups in total. The van der Waals surface area contributed by atoms with Crippen molar-refractivity contribution < 1.29 is 13.2 Å². The summed E-state index contributed by atoms with van der Waals surface area (Å²) in [6.07, 6.45) is 2.45. The first kappa shape index (κ1) is 21.9. The molecule has 2 aliphatic rings. The van der Waals surface area contributed by atoms with Crippen LogP contribution in [-0.4, -0.2) is 53.5 Å². The predicted octanol–water partition coefficient (Wildman–Crippen LogP) is 2.52. The predicted molar refractivity (Wildman–Crippen MR) is 119 cm³/mol. The third-order valence-electron chi connectivity index (χ3n) is 6.08. The minimum atomic E-state index is -3.58. The van der Waals surface area contributed by atoms with Crippen LogP contribution in [0, 0.1) is 13.8 Å². The van der Waals surface area contributed by atoms with Gasteiger partial charge in [-0.25, -0.2) is 9.97 Å². The summed E-state index contributed by atoms with van der Waals surface area (Å²) in [5.41, 5.74) is 3.98.